The molecule has 7 nitrogen and oxygen atoms in total. The molecule has 1 unspecified atom stereocenters. The molecule has 0 radical (unpaired) electrons. The van der Waals surface area contributed by atoms with E-state index < -0.39 is 0 Å². The van der Waals surface area contributed by atoms with Gasteiger partial charge in [-0.15, -0.1) is 5.10 Å². The maximum absolute atomic E-state index is 6.24. The number of fused-ring (bicyclic) bond motifs is 1. The Bertz CT molecular complexity index is 1280. The minimum Gasteiger partial charge on any atom is -0.367 e. The van der Waals surface area contributed by atoms with E-state index in [1.54, 1.807) is 0 Å². The molecule has 0 amide bonds. The summed E-state index contributed by atoms with van der Waals surface area (Å²) in [5.41, 5.74) is 6.12. The Hall–Kier alpha value is -3.36. The molecule has 1 aromatic heterocycles. The number of ether oxygens (including phenoxy) is 2. The highest BCUT2D eigenvalue weighted by molar-refractivity contribution is 5.63. The fraction of sp³-hybridized carbons (Fsp3) is 0.333. The normalized spacial score (nSPS) is 23.7. The van der Waals surface area contributed by atoms with Crippen molar-refractivity contribution in [2.24, 2.45) is 0 Å². The molecule has 0 spiro atoms. The summed E-state index contributed by atoms with van der Waals surface area (Å²) >= 11 is 0. The van der Waals surface area contributed by atoms with E-state index in [1.165, 1.54) is 27.2 Å². The molecule has 5 atom stereocenters. The average Bonchev–Trinajstić information content (AvgIpc) is 3.66. The summed E-state index contributed by atoms with van der Waals surface area (Å²) < 4.78 is 14.4. The highest BCUT2D eigenvalue weighted by Crippen LogP contribution is 2.32. The summed E-state index contributed by atoms with van der Waals surface area (Å²) in [6.45, 7) is 4.00. The topological polar surface area (TPSA) is 70.2 Å². The summed E-state index contributed by atoms with van der Waals surface area (Å²) in [5.74, 6) is 0. The van der Waals surface area contributed by atoms with Gasteiger partial charge in [0.15, 0.2) is 0 Å². The van der Waals surface area contributed by atoms with Gasteiger partial charge in [0.2, 0.25) is 0 Å². The second kappa shape index (κ2) is 10.9. The molecule has 2 saturated heterocycles. The minimum absolute atomic E-state index is 0.0191. The summed E-state index contributed by atoms with van der Waals surface area (Å²) in [4.78, 5) is 1.38. The molecule has 4 aromatic rings. The van der Waals surface area contributed by atoms with Crippen LogP contribution in [0, 0.1) is 0 Å². The maximum Gasteiger partial charge on any atom is 0.140 e. The Labute approximate surface area is 218 Å². The highest BCUT2D eigenvalue weighted by Gasteiger charge is 2.50. The summed E-state index contributed by atoms with van der Waals surface area (Å²) in [6, 6.07) is 30.3. The van der Waals surface area contributed by atoms with Crippen LogP contribution in [0.5, 0.6) is 0 Å². The van der Waals surface area contributed by atoms with Crippen molar-refractivity contribution >= 4 is 0 Å². The molecule has 0 saturated carbocycles. The van der Waals surface area contributed by atoms with E-state index in [1.807, 2.05) is 10.7 Å². The zero-order valence-electron chi connectivity index (χ0n) is 21.2. The number of nitrogens with one attached hydrogen (secondary N) is 1. The molecule has 190 valence electrons. The van der Waals surface area contributed by atoms with Gasteiger partial charge in [-0.1, -0.05) is 90.1 Å². The third kappa shape index (κ3) is 5.50. The quantitative estimate of drug-likeness (QED) is 0.369. The van der Waals surface area contributed by atoms with Crippen LogP contribution >= 0.6 is 0 Å². The van der Waals surface area contributed by atoms with Gasteiger partial charge < -0.3 is 19.7 Å². The number of quaternary nitrogens is 2. The Morgan fingerprint density at radius 3 is 2.30 bits per heavy atom. The van der Waals surface area contributed by atoms with Gasteiger partial charge in [-0.3, -0.25) is 0 Å². The van der Waals surface area contributed by atoms with Crippen molar-refractivity contribution in [2.75, 3.05) is 20.3 Å². The molecule has 0 bridgehead atoms. The van der Waals surface area contributed by atoms with Gasteiger partial charge in [0.25, 0.3) is 0 Å². The zero-order valence-corrected chi connectivity index (χ0v) is 21.2. The van der Waals surface area contributed by atoms with E-state index >= 15 is 0 Å². The Kier molecular flexibility index (Phi) is 7.10. The van der Waals surface area contributed by atoms with E-state index in [0.29, 0.717) is 13.2 Å². The Morgan fingerprint density at radius 1 is 0.811 bits per heavy atom. The van der Waals surface area contributed by atoms with Gasteiger partial charge in [0, 0.05) is 11.1 Å². The molecule has 2 fully saturated rings. The van der Waals surface area contributed by atoms with Crippen molar-refractivity contribution in [3.05, 3.63) is 108 Å². The molecular formula is C30H35N5O2+2. The molecule has 7 heteroatoms. The SMILES string of the molecule is C[NH+](Cc1ccccc1)Cc1cn([C@H]2CO[C@H]3[C@@H]2OC[C@@H]3[NH2+]Cc2ccc(-c3ccccc3)cc2)nn1. The first-order valence-electron chi connectivity index (χ1n) is 13.2. The monoisotopic (exact) mass is 497 g/mol. The van der Waals surface area contributed by atoms with E-state index in [9.17, 15) is 0 Å². The second-order valence-corrected chi connectivity index (χ2v) is 10.3. The van der Waals surface area contributed by atoms with Crippen LogP contribution in [0.15, 0.2) is 91.1 Å². The summed E-state index contributed by atoms with van der Waals surface area (Å²) in [6.07, 6.45) is 2.16. The maximum atomic E-state index is 6.24. The number of aromatic nitrogens is 3. The second-order valence-electron chi connectivity index (χ2n) is 10.3. The van der Waals surface area contributed by atoms with Crippen LogP contribution in [0.1, 0.15) is 22.9 Å². The predicted octanol–water partition coefficient (Wildman–Crippen LogP) is 1.63. The zero-order chi connectivity index (χ0) is 25.0. The molecule has 3 aromatic carbocycles. The molecule has 3 N–H and O–H groups in total. The van der Waals surface area contributed by atoms with E-state index in [0.717, 1.165) is 25.3 Å². The molecule has 3 heterocycles. The fourth-order valence-corrected chi connectivity index (χ4v) is 5.56. The van der Waals surface area contributed by atoms with Crippen molar-refractivity contribution in [1.29, 1.82) is 0 Å². The number of nitrogens with two attached hydrogens (primary N) is 1. The lowest BCUT2D eigenvalue weighted by molar-refractivity contribution is -0.908. The summed E-state index contributed by atoms with van der Waals surface area (Å²) in [7, 11) is 2.19. The van der Waals surface area contributed by atoms with Gasteiger partial charge in [0.1, 0.15) is 56.2 Å². The van der Waals surface area contributed by atoms with Crippen LogP contribution in [0.25, 0.3) is 11.1 Å². The van der Waals surface area contributed by atoms with Crippen LogP contribution < -0.4 is 10.2 Å². The third-order valence-electron chi connectivity index (χ3n) is 7.51. The van der Waals surface area contributed by atoms with Crippen molar-refractivity contribution in [1.82, 2.24) is 15.0 Å². The van der Waals surface area contributed by atoms with Crippen molar-refractivity contribution in [3.8, 4) is 11.1 Å². The van der Waals surface area contributed by atoms with Gasteiger partial charge in [-0.05, 0) is 11.1 Å². The lowest BCUT2D eigenvalue weighted by atomic mass is 10.0. The molecule has 6 rings (SSSR count). The smallest absolute Gasteiger partial charge is 0.140 e. The van der Waals surface area contributed by atoms with Gasteiger partial charge in [-0.2, -0.15) is 0 Å². The largest absolute Gasteiger partial charge is 0.367 e. The lowest BCUT2D eigenvalue weighted by Crippen LogP contribution is -3.06. The first-order chi connectivity index (χ1) is 18.2. The van der Waals surface area contributed by atoms with Crippen LogP contribution in [-0.4, -0.2) is 53.5 Å². The predicted molar refractivity (Wildman–Crippen MR) is 141 cm³/mol. The van der Waals surface area contributed by atoms with E-state index in [2.05, 4.69) is 108 Å². The van der Waals surface area contributed by atoms with Crippen LogP contribution in [-0.2, 0) is 29.1 Å². The number of hydrogen-bond acceptors (Lipinski definition) is 4. The van der Waals surface area contributed by atoms with E-state index in [4.69, 9.17) is 9.47 Å². The Morgan fingerprint density at radius 2 is 1.51 bits per heavy atom. The van der Waals surface area contributed by atoms with Gasteiger partial charge in [-0.25, -0.2) is 4.68 Å². The fourth-order valence-electron chi connectivity index (χ4n) is 5.56. The minimum atomic E-state index is 0.0191. The molecule has 0 aliphatic carbocycles. The van der Waals surface area contributed by atoms with Gasteiger partial charge in [0.05, 0.1) is 19.9 Å². The van der Waals surface area contributed by atoms with Crippen LogP contribution in [0.2, 0.25) is 0 Å². The molecule has 37 heavy (non-hydrogen) atoms. The standard InChI is InChI=1S/C30H33N5O2/c1-34(17-23-8-4-2-5-9-23)18-26-19-35(33-32-26)28-21-37-29-27(20-36-30(28)29)31-16-22-12-14-25(15-13-22)24-10-6-3-7-11-24/h2-15,19,27-31H,16-18,20-21H2,1H3/p+2/t27-,28-,29+,30+/m0/s1. The Balaban J connectivity index is 1.02. The molecule has 2 aliphatic rings. The molecule has 2 aliphatic heterocycles. The van der Waals surface area contributed by atoms with E-state index in [-0.39, 0.29) is 24.3 Å². The number of benzene rings is 3. The van der Waals surface area contributed by atoms with Crippen molar-refractivity contribution < 1.29 is 19.7 Å². The highest BCUT2D eigenvalue weighted by atomic mass is 16.6. The van der Waals surface area contributed by atoms with Crippen molar-refractivity contribution in [2.45, 2.75) is 43.9 Å². The lowest BCUT2D eigenvalue weighted by Gasteiger charge is -2.16. The third-order valence-corrected chi connectivity index (χ3v) is 7.51. The number of nitrogens with zero attached hydrogens (tertiary/aromatic N) is 3. The first kappa shape index (κ1) is 24.0. The van der Waals surface area contributed by atoms with Crippen LogP contribution in [0.3, 0.4) is 0 Å². The number of hydrogen-bond donors (Lipinski definition) is 2. The first-order valence-corrected chi connectivity index (χ1v) is 13.2. The summed E-state index contributed by atoms with van der Waals surface area (Å²) in [5, 5.41) is 11.3. The number of rotatable bonds is 9. The van der Waals surface area contributed by atoms with Crippen molar-refractivity contribution in [3.63, 3.8) is 0 Å². The van der Waals surface area contributed by atoms with Crippen LogP contribution in [0.4, 0.5) is 0 Å². The molecular weight excluding hydrogens is 462 g/mol. The van der Waals surface area contributed by atoms with Gasteiger partial charge >= 0.3 is 0 Å². The average molecular weight is 498 g/mol.